The predicted octanol–water partition coefficient (Wildman–Crippen LogP) is 0.527. The van der Waals surface area contributed by atoms with Gasteiger partial charge >= 0.3 is 5.97 Å². The van der Waals surface area contributed by atoms with E-state index in [2.05, 4.69) is 0 Å². The van der Waals surface area contributed by atoms with Crippen LogP contribution in [-0.2, 0) is 4.79 Å². The van der Waals surface area contributed by atoms with Crippen LogP contribution in [0.4, 0.5) is 0 Å². The molecule has 65 valence electrons. The summed E-state index contributed by atoms with van der Waals surface area (Å²) in [5.41, 5.74) is -2.06. The molecule has 1 atom stereocenters. The van der Waals surface area contributed by atoms with Crippen LogP contribution in [0.15, 0.2) is 0 Å². The van der Waals surface area contributed by atoms with E-state index in [1.807, 2.05) is 6.92 Å². The van der Waals surface area contributed by atoms with Crippen LogP contribution >= 0.6 is 0 Å². The van der Waals surface area contributed by atoms with Crippen LogP contribution in [0.25, 0.3) is 0 Å². The Balaban J connectivity index is 3.99. The summed E-state index contributed by atoms with van der Waals surface area (Å²) in [5, 5.41) is 26.0. The first kappa shape index (κ1) is 10.4. The first-order valence-corrected chi connectivity index (χ1v) is 3.51. The van der Waals surface area contributed by atoms with Crippen LogP contribution in [0.3, 0.4) is 0 Å². The van der Waals surface area contributed by atoms with Gasteiger partial charge in [0.2, 0.25) is 0 Å². The Bertz CT molecular complexity index is 134. The van der Waals surface area contributed by atoms with E-state index in [0.717, 1.165) is 6.42 Å². The van der Waals surface area contributed by atoms with Crippen molar-refractivity contribution < 1.29 is 20.1 Å². The summed E-state index contributed by atoms with van der Waals surface area (Å²) < 4.78 is 0. The van der Waals surface area contributed by atoms with Gasteiger partial charge in [0.15, 0.2) is 5.60 Å². The van der Waals surface area contributed by atoms with Crippen molar-refractivity contribution in [2.24, 2.45) is 0 Å². The molecule has 0 aromatic rings. The quantitative estimate of drug-likeness (QED) is 0.549. The van der Waals surface area contributed by atoms with Gasteiger partial charge in [-0.15, -0.1) is 0 Å². The number of carbonyl (C=O) groups is 1. The molecule has 0 saturated heterocycles. The molecule has 0 rings (SSSR count). The molecular formula is C7H13O4. The normalized spacial score (nSPS) is 15.9. The van der Waals surface area contributed by atoms with E-state index in [1.54, 1.807) is 0 Å². The molecule has 11 heavy (non-hydrogen) atoms. The van der Waals surface area contributed by atoms with Crippen molar-refractivity contribution in [2.75, 3.05) is 0 Å². The number of carboxylic acid groups (broad SMARTS) is 1. The third kappa shape index (κ3) is 2.86. The number of rotatable bonds is 5. The Morgan fingerprint density at radius 3 is 2.45 bits per heavy atom. The Labute approximate surface area is 65.5 Å². The summed E-state index contributed by atoms with van der Waals surface area (Å²) in [6.45, 7) is 2.20. The molecule has 0 aromatic heterocycles. The van der Waals surface area contributed by atoms with Gasteiger partial charge in [0.25, 0.3) is 0 Å². The van der Waals surface area contributed by atoms with E-state index in [9.17, 15) is 4.79 Å². The minimum atomic E-state index is -2.06. The molecule has 0 aliphatic rings. The molecule has 1 radical (unpaired) electrons. The Morgan fingerprint density at radius 1 is 1.64 bits per heavy atom. The molecule has 4 nitrogen and oxygen atoms in total. The second kappa shape index (κ2) is 4.31. The lowest BCUT2D eigenvalue weighted by Crippen LogP contribution is -2.38. The highest BCUT2D eigenvalue weighted by atomic mass is 16.4. The molecule has 0 saturated carbocycles. The number of hydrogen-bond donors (Lipinski definition) is 3. The molecule has 0 aromatic carbocycles. The zero-order chi connectivity index (χ0) is 8.91. The summed E-state index contributed by atoms with van der Waals surface area (Å²) in [4.78, 5) is 10.3. The topological polar surface area (TPSA) is 77.8 Å². The van der Waals surface area contributed by atoms with E-state index in [0.29, 0.717) is 13.0 Å². The second-order valence-corrected chi connectivity index (χ2v) is 2.46. The molecule has 4 heteroatoms. The Kier molecular flexibility index (Phi) is 4.07. The van der Waals surface area contributed by atoms with Gasteiger partial charge in [-0.05, 0) is 6.42 Å². The van der Waals surface area contributed by atoms with Gasteiger partial charge in [-0.3, -0.25) is 0 Å². The van der Waals surface area contributed by atoms with E-state index in [-0.39, 0.29) is 6.42 Å². The highest BCUT2D eigenvalue weighted by Crippen LogP contribution is 2.16. The smallest absolute Gasteiger partial charge is 0.338 e. The molecule has 0 aliphatic carbocycles. The van der Waals surface area contributed by atoms with E-state index >= 15 is 0 Å². The van der Waals surface area contributed by atoms with Crippen LogP contribution in [0.2, 0.25) is 0 Å². The van der Waals surface area contributed by atoms with Gasteiger partial charge in [-0.2, -0.15) is 0 Å². The largest absolute Gasteiger partial charge is 0.479 e. The first-order valence-electron chi connectivity index (χ1n) is 3.51. The van der Waals surface area contributed by atoms with Crippen LogP contribution in [-0.4, -0.2) is 26.9 Å². The van der Waals surface area contributed by atoms with Gasteiger partial charge in [0.1, 0.15) is 6.61 Å². The highest BCUT2D eigenvalue weighted by Gasteiger charge is 2.34. The molecule has 3 N–H and O–H groups in total. The predicted molar refractivity (Wildman–Crippen MR) is 38.3 cm³/mol. The summed E-state index contributed by atoms with van der Waals surface area (Å²) in [6, 6.07) is 0. The van der Waals surface area contributed by atoms with Gasteiger partial charge in [-0.25, -0.2) is 4.79 Å². The maximum Gasteiger partial charge on any atom is 0.338 e. The summed E-state index contributed by atoms with van der Waals surface area (Å²) in [5.74, 6) is -1.41. The van der Waals surface area contributed by atoms with Crippen LogP contribution in [0.1, 0.15) is 26.2 Å². The second-order valence-electron chi connectivity index (χ2n) is 2.46. The molecule has 0 fully saturated rings. The third-order valence-electron chi connectivity index (χ3n) is 1.50. The maximum absolute atomic E-state index is 10.3. The van der Waals surface area contributed by atoms with Crippen molar-refractivity contribution >= 4 is 5.97 Å². The number of aliphatic hydroxyl groups is 2. The standard InChI is InChI=1S/C7H13O4/c1-2-3-4-7(11,5-8)6(9)10/h5,8,11H,2-4H2,1H3,(H,9,10). The van der Waals surface area contributed by atoms with Gasteiger partial charge in [-0.1, -0.05) is 19.8 Å². The summed E-state index contributed by atoms with van der Waals surface area (Å²) >= 11 is 0. The summed E-state index contributed by atoms with van der Waals surface area (Å²) in [7, 11) is 0. The fraction of sp³-hybridized carbons (Fsp3) is 0.714. The number of aliphatic carboxylic acids is 1. The van der Waals surface area contributed by atoms with E-state index in [4.69, 9.17) is 15.3 Å². The zero-order valence-electron chi connectivity index (χ0n) is 6.45. The van der Waals surface area contributed by atoms with Crippen molar-refractivity contribution in [3.63, 3.8) is 0 Å². The number of unbranched alkanes of at least 4 members (excludes halogenated alkanes) is 1. The van der Waals surface area contributed by atoms with Crippen LogP contribution in [0, 0.1) is 6.61 Å². The maximum atomic E-state index is 10.3. The van der Waals surface area contributed by atoms with Crippen molar-refractivity contribution in [3.05, 3.63) is 6.61 Å². The lowest BCUT2D eigenvalue weighted by Gasteiger charge is -2.18. The summed E-state index contributed by atoms with van der Waals surface area (Å²) in [6.07, 6.45) is 1.40. The van der Waals surface area contributed by atoms with E-state index in [1.165, 1.54) is 0 Å². The SMILES string of the molecule is CCCCC(O)([CH]O)C(=O)O. The van der Waals surface area contributed by atoms with E-state index < -0.39 is 11.6 Å². The molecule has 0 spiro atoms. The molecule has 0 amide bonds. The monoisotopic (exact) mass is 161 g/mol. The minimum Gasteiger partial charge on any atom is -0.479 e. The molecule has 0 heterocycles. The Hall–Kier alpha value is -0.610. The number of aliphatic hydroxyl groups excluding tert-OH is 1. The minimum absolute atomic E-state index is 0.0509. The zero-order valence-corrected chi connectivity index (χ0v) is 6.45. The number of hydrogen-bond acceptors (Lipinski definition) is 3. The van der Waals surface area contributed by atoms with Crippen LogP contribution in [0.5, 0.6) is 0 Å². The lowest BCUT2D eigenvalue weighted by atomic mass is 9.98. The molecular weight excluding hydrogens is 148 g/mol. The average molecular weight is 161 g/mol. The third-order valence-corrected chi connectivity index (χ3v) is 1.50. The van der Waals surface area contributed by atoms with Crippen molar-refractivity contribution in [3.8, 4) is 0 Å². The van der Waals surface area contributed by atoms with Crippen molar-refractivity contribution in [2.45, 2.75) is 31.8 Å². The molecule has 0 bridgehead atoms. The van der Waals surface area contributed by atoms with Gasteiger partial charge in [0.05, 0.1) is 0 Å². The number of carboxylic acids is 1. The lowest BCUT2D eigenvalue weighted by molar-refractivity contribution is -0.158. The Morgan fingerprint density at radius 2 is 2.18 bits per heavy atom. The fourth-order valence-corrected chi connectivity index (χ4v) is 0.673. The van der Waals surface area contributed by atoms with Crippen molar-refractivity contribution in [1.82, 2.24) is 0 Å². The molecule has 0 aliphatic heterocycles. The first-order chi connectivity index (χ1) is 5.06. The highest BCUT2D eigenvalue weighted by molar-refractivity contribution is 5.78. The fourth-order valence-electron chi connectivity index (χ4n) is 0.673. The average Bonchev–Trinajstić information content (AvgIpc) is 2.00. The van der Waals surface area contributed by atoms with Crippen molar-refractivity contribution in [1.29, 1.82) is 0 Å². The van der Waals surface area contributed by atoms with Gasteiger partial charge in [0, 0.05) is 0 Å². The van der Waals surface area contributed by atoms with Gasteiger partial charge < -0.3 is 15.3 Å². The molecule has 1 unspecified atom stereocenters. The van der Waals surface area contributed by atoms with Crippen LogP contribution < -0.4 is 0 Å².